The molecule has 0 amide bonds. The Balaban J connectivity index is 2.61. The molecule has 1 aromatic carbocycles. The summed E-state index contributed by atoms with van der Waals surface area (Å²) in [6, 6.07) is 4.60. The molecule has 0 aliphatic heterocycles. The van der Waals surface area contributed by atoms with Crippen LogP contribution >= 0.6 is 0 Å². The van der Waals surface area contributed by atoms with E-state index in [9.17, 15) is 9.90 Å². The quantitative estimate of drug-likeness (QED) is 0.617. The van der Waals surface area contributed by atoms with Gasteiger partial charge in [0, 0.05) is 6.07 Å². The Kier molecular flexibility index (Phi) is 5.45. The number of aldehydes is 1. The van der Waals surface area contributed by atoms with E-state index in [2.05, 4.69) is 6.58 Å². The van der Waals surface area contributed by atoms with Crippen LogP contribution in [0.25, 0.3) is 0 Å². The monoisotopic (exact) mass is 244 g/mol. The smallest absolute Gasteiger partial charge is 0.153 e. The lowest BCUT2D eigenvalue weighted by atomic mass is 10.2. The summed E-state index contributed by atoms with van der Waals surface area (Å²) in [5, 5.41) is 9.48. The van der Waals surface area contributed by atoms with Gasteiger partial charge in [0.25, 0.3) is 0 Å². The average molecular weight is 244 g/mol. The van der Waals surface area contributed by atoms with Crippen molar-refractivity contribution in [2.75, 3.05) is 6.61 Å². The number of ether oxygens (including phenoxy) is 1. The van der Waals surface area contributed by atoms with Crippen LogP contribution in [0.1, 0.15) is 17.3 Å². The Morgan fingerprint density at radius 3 is 2.83 bits per heavy atom. The van der Waals surface area contributed by atoms with Crippen molar-refractivity contribution in [3.05, 3.63) is 60.2 Å². The molecule has 18 heavy (non-hydrogen) atoms. The second kappa shape index (κ2) is 7.12. The van der Waals surface area contributed by atoms with E-state index in [0.717, 1.165) is 5.57 Å². The van der Waals surface area contributed by atoms with Gasteiger partial charge in [0.15, 0.2) is 6.29 Å². The van der Waals surface area contributed by atoms with Crippen molar-refractivity contribution >= 4 is 6.29 Å². The zero-order valence-electron chi connectivity index (χ0n) is 10.3. The van der Waals surface area contributed by atoms with Crippen LogP contribution in [-0.4, -0.2) is 18.0 Å². The molecule has 1 N–H and O–H groups in total. The predicted octanol–water partition coefficient (Wildman–Crippen LogP) is 3.27. The molecule has 0 unspecified atom stereocenters. The SMILES string of the molecule is C=C/C=C\C=C(/C)COc1ccc(C=O)c(O)c1. The molecule has 94 valence electrons. The fourth-order valence-electron chi connectivity index (χ4n) is 1.26. The summed E-state index contributed by atoms with van der Waals surface area (Å²) in [6.45, 7) is 5.93. The van der Waals surface area contributed by atoms with Gasteiger partial charge in [-0.3, -0.25) is 4.79 Å². The first-order chi connectivity index (χ1) is 8.67. The Morgan fingerprint density at radius 1 is 1.44 bits per heavy atom. The van der Waals surface area contributed by atoms with Crippen LogP contribution in [0.3, 0.4) is 0 Å². The maximum absolute atomic E-state index is 10.5. The second-order valence-electron chi connectivity index (χ2n) is 3.76. The van der Waals surface area contributed by atoms with Crippen molar-refractivity contribution in [3.8, 4) is 11.5 Å². The molecule has 0 atom stereocenters. The van der Waals surface area contributed by atoms with Gasteiger partial charge in [-0.05, 0) is 24.6 Å². The molecule has 0 aliphatic carbocycles. The van der Waals surface area contributed by atoms with Crippen LogP contribution in [0.4, 0.5) is 0 Å². The zero-order valence-corrected chi connectivity index (χ0v) is 10.3. The van der Waals surface area contributed by atoms with E-state index in [0.29, 0.717) is 18.6 Å². The van der Waals surface area contributed by atoms with E-state index < -0.39 is 0 Å². The summed E-state index contributed by atoms with van der Waals surface area (Å²) in [4.78, 5) is 10.5. The summed E-state index contributed by atoms with van der Waals surface area (Å²) in [6.07, 6.45) is 7.92. The highest BCUT2D eigenvalue weighted by Gasteiger charge is 2.02. The normalized spacial score (nSPS) is 11.5. The molecule has 1 rings (SSSR count). The number of carbonyl (C=O) groups is 1. The lowest BCUT2D eigenvalue weighted by molar-refractivity contribution is 0.112. The van der Waals surface area contributed by atoms with Crippen LogP contribution in [0, 0.1) is 0 Å². The summed E-state index contributed by atoms with van der Waals surface area (Å²) >= 11 is 0. The van der Waals surface area contributed by atoms with Gasteiger partial charge in [-0.1, -0.05) is 30.9 Å². The third-order valence-corrected chi connectivity index (χ3v) is 2.22. The summed E-state index contributed by atoms with van der Waals surface area (Å²) in [5.74, 6) is 0.453. The number of hydrogen-bond donors (Lipinski definition) is 1. The number of phenolic OH excluding ortho intramolecular Hbond substituents is 1. The highest BCUT2D eigenvalue weighted by molar-refractivity contribution is 5.79. The van der Waals surface area contributed by atoms with Crippen LogP contribution in [0.15, 0.2) is 54.7 Å². The fourth-order valence-corrected chi connectivity index (χ4v) is 1.26. The second-order valence-corrected chi connectivity index (χ2v) is 3.76. The lowest BCUT2D eigenvalue weighted by Crippen LogP contribution is -1.98. The number of hydrogen-bond acceptors (Lipinski definition) is 3. The van der Waals surface area contributed by atoms with Crippen LogP contribution < -0.4 is 4.74 Å². The van der Waals surface area contributed by atoms with Gasteiger partial charge in [0.2, 0.25) is 0 Å². The lowest BCUT2D eigenvalue weighted by Gasteiger charge is -2.07. The van der Waals surface area contributed by atoms with Crippen molar-refractivity contribution in [1.29, 1.82) is 0 Å². The summed E-state index contributed by atoms with van der Waals surface area (Å²) in [5.41, 5.74) is 1.29. The Hall–Kier alpha value is -2.29. The minimum atomic E-state index is -0.0734. The first kappa shape index (κ1) is 13.8. The van der Waals surface area contributed by atoms with Crippen molar-refractivity contribution in [3.63, 3.8) is 0 Å². The molecule has 3 nitrogen and oxygen atoms in total. The van der Waals surface area contributed by atoms with Gasteiger partial charge in [-0.25, -0.2) is 0 Å². The molecule has 0 aromatic heterocycles. The molecule has 3 heteroatoms. The van der Waals surface area contributed by atoms with E-state index in [1.54, 1.807) is 12.1 Å². The molecule has 0 fully saturated rings. The first-order valence-electron chi connectivity index (χ1n) is 5.53. The molecule has 1 aromatic rings. The van der Waals surface area contributed by atoms with E-state index in [4.69, 9.17) is 4.74 Å². The van der Waals surface area contributed by atoms with Crippen LogP contribution in [0.2, 0.25) is 0 Å². The van der Waals surface area contributed by atoms with Crippen molar-refractivity contribution in [2.45, 2.75) is 6.92 Å². The molecular weight excluding hydrogens is 228 g/mol. The number of allylic oxidation sites excluding steroid dienone is 4. The highest BCUT2D eigenvalue weighted by atomic mass is 16.5. The largest absolute Gasteiger partial charge is 0.507 e. The molecule has 0 saturated heterocycles. The molecule has 0 radical (unpaired) electrons. The van der Waals surface area contributed by atoms with E-state index in [-0.39, 0.29) is 11.3 Å². The predicted molar refractivity (Wildman–Crippen MR) is 72.1 cm³/mol. The van der Waals surface area contributed by atoms with Crippen molar-refractivity contribution < 1.29 is 14.6 Å². The average Bonchev–Trinajstić information content (AvgIpc) is 2.37. The summed E-state index contributed by atoms with van der Waals surface area (Å²) in [7, 11) is 0. The van der Waals surface area contributed by atoms with E-state index in [1.165, 1.54) is 12.1 Å². The van der Waals surface area contributed by atoms with Gasteiger partial charge < -0.3 is 9.84 Å². The molecule has 0 bridgehead atoms. The van der Waals surface area contributed by atoms with Crippen molar-refractivity contribution in [1.82, 2.24) is 0 Å². The topological polar surface area (TPSA) is 46.5 Å². The van der Waals surface area contributed by atoms with Gasteiger partial charge >= 0.3 is 0 Å². The van der Waals surface area contributed by atoms with E-state index >= 15 is 0 Å². The molecule has 0 saturated carbocycles. The number of rotatable bonds is 6. The maximum Gasteiger partial charge on any atom is 0.153 e. The van der Waals surface area contributed by atoms with Crippen molar-refractivity contribution in [2.24, 2.45) is 0 Å². The number of benzene rings is 1. The number of aromatic hydroxyl groups is 1. The standard InChI is InChI=1S/C15H16O3/c1-3-4-5-6-12(2)11-18-14-8-7-13(10-16)15(17)9-14/h3-10,17H,1,11H2,2H3/b5-4-,12-6+. The molecular formula is C15H16O3. The fraction of sp³-hybridized carbons (Fsp3) is 0.133. The first-order valence-corrected chi connectivity index (χ1v) is 5.53. The van der Waals surface area contributed by atoms with Gasteiger partial charge in [-0.15, -0.1) is 0 Å². The van der Waals surface area contributed by atoms with Crippen LogP contribution in [0.5, 0.6) is 11.5 Å². The Labute approximate surface area is 107 Å². The third kappa shape index (κ3) is 4.29. The zero-order chi connectivity index (χ0) is 13.4. The third-order valence-electron chi connectivity index (χ3n) is 2.22. The molecule has 0 heterocycles. The highest BCUT2D eigenvalue weighted by Crippen LogP contribution is 2.22. The minimum Gasteiger partial charge on any atom is -0.507 e. The van der Waals surface area contributed by atoms with Gasteiger partial charge in [0.1, 0.15) is 18.1 Å². The van der Waals surface area contributed by atoms with Gasteiger partial charge in [0.05, 0.1) is 5.56 Å². The Morgan fingerprint density at radius 2 is 2.22 bits per heavy atom. The van der Waals surface area contributed by atoms with E-state index in [1.807, 2.05) is 25.2 Å². The Bertz CT molecular complexity index is 485. The number of phenols is 1. The van der Waals surface area contributed by atoms with Crippen LogP contribution in [-0.2, 0) is 0 Å². The van der Waals surface area contributed by atoms with Gasteiger partial charge in [-0.2, -0.15) is 0 Å². The summed E-state index contributed by atoms with van der Waals surface area (Å²) < 4.78 is 5.47. The molecule has 0 aliphatic rings. The number of carbonyl (C=O) groups excluding carboxylic acids is 1. The minimum absolute atomic E-state index is 0.0734. The maximum atomic E-state index is 10.5. The molecule has 0 spiro atoms.